The van der Waals surface area contributed by atoms with E-state index in [1.807, 2.05) is 30.9 Å². The average Bonchev–Trinajstić information content (AvgIpc) is 2.53. The van der Waals surface area contributed by atoms with Crippen LogP contribution in [-0.4, -0.2) is 50.1 Å². The number of anilines is 1. The fraction of sp³-hybridized carbons (Fsp3) is 0.562. The van der Waals surface area contributed by atoms with Gasteiger partial charge in [-0.15, -0.1) is 0 Å². The molecule has 1 aromatic rings. The number of nitrogens with two attached hydrogens (primary N) is 1. The predicted octanol–water partition coefficient (Wildman–Crippen LogP) is 1.33. The smallest absolute Gasteiger partial charge is 0.239 e. The van der Waals surface area contributed by atoms with Crippen molar-refractivity contribution >= 4 is 11.6 Å². The van der Waals surface area contributed by atoms with Crippen molar-refractivity contribution in [2.75, 3.05) is 38.2 Å². The lowest BCUT2D eigenvalue weighted by atomic mass is 10.0. The van der Waals surface area contributed by atoms with E-state index in [0.29, 0.717) is 0 Å². The summed E-state index contributed by atoms with van der Waals surface area (Å²) in [6.45, 7) is 7.09. The van der Waals surface area contributed by atoms with E-state index in [4.69, 9.17) is 10.5 Å². The zero-order valence-corrected chi connectivity index (χ0v) is 13.1. The molecule has 1 atom stereocenters. The van der Waals surface area contributed by atoms with Gasteiger partial charge in [-0.2, -0.15) is 0 Å². The van der Waals surface area contributed by atoms with Crippen LogP contribution in [0.4, 0.5) is 5.69 Å². The number of hydrogen-bond acceptors (Lipinski definition) is 4. The number of benzene rings is 1. The Morgan fingerprint density at radius 1 is 1.14 bits per heavy atom. The van der Waals surface area contributed by atoms with E-state index >= 15 is 0 Å². The summed E-state index contributed by atoms with van der Waals surface area (Å²) in [6, 6.07) is 7.63. The molecule has 5 heteroatoms. The highest BCUT2D eigenvalue weighted by molar-refractivity contribution is 5.82. The number of nitrogens with zero attached hydrogens (tertiary/aromatic N) is 2. The highest BCUT2D eigenvalue weighted by Crippen LogP contribution is 2.20. The molecular formula is C16H25N3O2. The van der Waals surface area contributed by atoms with Gasteiger partial charge in [-0.25, -0.2) is 0 Å². The maximum Gasteiger partial charge on any atom is 0.239 e. The summed E-state index contributed by atoms with van der Waals surface area (Å²) >= 11 is 0. The summed E-state index contributed by atoms with van der Waals surface area (Å²) in [4.78, 5) is 16.4. The number of amides is 1. The number of hydrogen-bond donors (Lipinski definition) is 1. The molecule has 1 aromatic carbocycles. The van der Waals surface area contributed by atoms with Crippen molar-refractivity contribution in [1.29, 1.82) is 0 Å². The minimum atomic E-state index is -0.391. The maximum absolute atomic E-state index is 12.2. The van der Waals surface area contributed by atoms with E-state index < -0.39 is 6.04 Å². The van der Waals surface area contributed by atoms with Gasteiger partial charge in [0, 0.05) is 31.9 Å². The third-order valence-electron chi connectivity index (χ3n) is 4.03. The average molecular weight is 291 g/mol. The first-order chi connectivity index (χ1) is 10.0. The Morgan fingerprint density at radius 3 is 2.19 bits per heavy atom. The summed E-state index contributed by atoms with van der Waals surface area (Å²) < 4.78 is 5.17. The molecule has 21 heavy (non-hydrogen) atoms. The van der Waals surface area contributed by atoms with Crippen LogP contribution in [-0.2, 0) is 4.79 Å². The Hall–Kier alpha value is -1.75. The normalized spacial score (nSPS) is 17.0. The van der Waals surface area contributed by atoms with E-state index in [-0.39, 0.29) is 11.8 Å². The van der Waals surface area contributed by atoms with Gasteiger partial charge in [-0.1, -0.05) is 13.8 Å². The number of methoxy groups -OCH3 is 1. The number of rotatable bonds is 4. The second-order valence-corrected chi connectivity index (χ2v) is 5.78. The largest absolute Gasteiger partial charge is 0.497 e. The van der Waals surface area contributed by atoms with Crippen molar-refractivity contribution < 1.29 is 9.53 Å². The highest BCUT2D eigenvalue weighted by Gasteiger charge is 2.26. The highest BCUT2D eigenvalue weighted by atomic mass is 16.5. The summed E-state index contributed by atoms with van der Waals surface area (Å²) in [5.41, 5.74) is 7.11. The fourth-order valence-electron chi connectivity index (χ4n) is 2.47. The summed E-state index contributed by atoms with van der Waals surface area (Å²) in [6.07, 6.45) is 0. The summed E-state index contributed by atoms with van der Waals surface area (Å²) in [5, 5.41) is 0. The van der Waals surface area contributed by atoms with Crippen LogP contribution >= 0.6 is 0 Å². The van der Waals surface area contributed by atoms with Crippen LogP contribution in [0.5, 0.6) is 5.75 Å². The molecule has 0 aliphatic carbocycles. The molecule has 2 rings (SSSR count). The monoisotopic (exact) mass is 291 g/mol. The van der Waals surface area contributed by atoms with E-state index in [1.54, 1.807) is 7.11 Å². The van der Waals surface area contributed by atoms with Crippen LogP contribution in [0.3, 0.4) is 0 Å². The standard InChI is InChI=1S/C16H25N3O2/c1-12(2)15(17)16(20)19-10-8-18(9-11-19)13-4-6-14(21-3)7-5-13/h4-7,12,15H,8-11,17H2,1-3H3/t15-/m0/s1. The van der Waals surface area contributed by atoms with Gasteiger partial charge >= 0.3 is 0 Å². The molecule has 0 spiro atoms. The summed E-state index contributed by atoms with van der Waals surface area (Å²) in [7, 11) is 1.66. The SMILES string of the molecule is COc1ccc(N2CCN(C(=O)[C@@H](N)C(C)C)CC2)cc1. The Balaban J connectivity index is 1.92. The summed E-state index contributed by atoms with van der Waals surface area (Å²) in [5.74, 6) is 1.10. The third kappa shape index (κ3) is 3.67. The molecule has 0 radical (unpaired) electrons. The number of ether oxygens (including phenoxy) is 1. The van der Waals surface area contributed by atoms with Gasteiger partial charge in [0.25, 0.3) is 0 Å². The molecule has 1 heterocycles. The van der Waals surface area contributed by atoms with E-state index in [1.165, 1.54) is 0 Å². The molecule has 5 nitrogen and oxygen atoms in total. The van der Waals surface area contributed by atoms with E-state index in [0.717, 1.165) is 37.6 Å². The molecule has 116 valence electrons. The second-order valence-electron chi connectivity index (χ2n) is 5.78. The Bertz CT molecular complexity index is 465. The zero-order chi connectivity index (χ0) is 15.4. The minimum Gasteiger partial charge on any atom is -0.497 e. The number of piperazine rings is 1. The van der Waals surface area contributed by atoms with Gasteiger partial charge in [-0.3, -0.25) is 4.79 Å². The fourth-order valence-corrected chi connectivity index (χ4v) is 2.47. The van der Waals surface area contributed by atoms with Crippen LogP contribution in [0.1, 0.15) is 13.8 Å². The van der Waals surface area contributed by atoms with Crippen molar-refractivity contribution in [3.63, 3.8) is 0 Å². The number of carbonyl (C=O) groups excluding carboxylic acids is 1. The van der Waals surface area contributed by atoms with Gasteiger partial charge in [0.05, 0.1) is 13.2 Å². The van der Waals surface area contributed by atoms with Crippen molar-refractivity contribution in [2.45, 2.75) is 19.9 Å². The quantitative estimate of drug-likeness (QED) is 0.909. The van der Waals surface area contributed by atoms with Gasteiger partial charge in [0.2, 0.25) is 5.91 Å². The van der Waals surface area contributed by atoms with Gasteiger partial charge in [-0.05, 0) is 30.2 Å². The van der Waals surface area contributed by atoms with Gasteiger partial charge < -0.3 is 20.3 Å². The third-order valence-corrected chi connectivity index (χ3v) is 4.03. The lowest BCUT2D eigenvalue weighted by Gasteiger charge is -2.37. The topological polar surface area (TPSA) is 58.8 Å². The second kappa shape index (κ2) is 6.80. The molecule has 0 bridgehead atoms. The van der Waals surface area contributed by atoms with Gasteiger partial charge in [0.15, 0.2) is 0 Å². The van der Waals surface area contributed by atoms with Gasteiger partial charge in [0.1, 0.15) is 5.75 Å². The molecule has 0 saturated carbocycles. The Labute approximate surface area is 126 Å². The van der Waals surface area contributed by atoms with Crippen LogP contribution in [0.2, 0.25) is 0 Å². The molecular weight excluding hydrogens is 266 g/mol. The van der Waals surface area contributed by atoms with Crippen LogP contribution in [0.15, 0.2) is 24.3 Å². The molecule has 1 aliphatic rings. The van der Waals surface area contributed by atoms with Crippen molar-refractivity contribution in [3.05, 3.63) is 24.3 Å². The molecule has 0 unspecified atom stereocenters. The minimum absolute atomic E-state index is 0.0689. The predicted molar refractivity (Wildman–Crippen MR) is 84.6 cm³/mol. The molecule has 0 aromatic heterocycles. The lowest BCUT2D eigenvalue weighted by molar-refractivity contribution is -0.133. The lowest BCUT2D eigenvalue weighted by Crippen LogP contribution is -2.54. The molecule has 1 aliphatic heterocycles. The van der Waals surface area contributed by atoms with E-state index in [9.17, 15) is 4.79 Å². The van der Waals surface area contributed by atoms with Crippen LogP contribution in [0, 0.1) is 5.92 Å². The van der Waals surface area contributed by atoms with Crippen LogP contribution < -0.4 is 15.4 Å². The van der Waals surface area contributed by atoms with Crippen LogP contribution in [0.25, 0.3) is 0 Å². The maximum atomic E-state index is 12.2. The molecule has 1 amide bonds. The van der Waals surface area contributed by atoms with Crippen molar-refractivity contribution in [2.24, 2.45) is 11.7 Å². The first kappa shape index (κ1) is 15.6. The Kier molecular flexibility index (Phi) is 5.07. The first-order valence-electron chi connectivity index (χ1n) is 7.46. The number of carbonyl (C=O) groups is 1. The zero-order valence-electron chi connectivity index (χ0n) is 13.1. The molecule has 1 saturated heterocycles. The molecule has 2 N–H and O–H groups in total. The first-order valence-corrected chi connectivity index (χ1v) is 7.46. The Morgan fingerprint density at radius 2 is 1.71 bits per heavy atom. The van der Waals surface area contributed by atoms with E-state index in [2.05, 4.69) is 17.0 Å². The molecule has 1 fully saturated rings. The van der Waals surface area contributed by atoms with Crippen molar-refractivity contribution in [3.8, 4) is 5.75 Å². The van der Waals surface area contributed by atoms with Crippen molar-refractivity contribution in [1.82, 2.24) is 4.90 Å².